The van der Waals surface area contributed by atoms with E-state index in [2.05, 4.69) is 33.3 Å². The van der Waals surface area contributed by atoms with Crippen LogP contribution in [-0.4, -0.2) is 53.0 Å². The lowest BCUT2D eigenvalue weighted by molar-refractivity contribution is 0.0192. The predicted octanol–water partition coefficient (Wildman–Crippen LogP) is 4.18. The SMILES string of the molecule is CC(C)(C)OC(=O)N1CCC[C@H]1COS(C)(C)C(C)(C)C. The van der Waals surface area contributed by atoms with Gasteiger partial charge in [-0.15, -0.1) is 10.3 Å². The van der Waals surface area contributed by atoms with E-state index in [9.17, 15) is 4.79 Å². The highest BCUT2D eigenvalue weighted by Crippen LogP contribution is 2.53. The van der Waals surface area contributed by atoms with Crippen LogP contribution in [0.1, 0.15) is 54.4 Å². The Balaban J connectivity index is 2.61. The number of rotatable bonds is 3. The lowest BCUT2D eigenvalue weighted by atomic mass is 10.2. The lowest BCUT2D eigenvalue weighted by Gasteiger charge is -2.44. The molecule has 0 aromatic heterocycles. The zero-order chi connectivity index (χ0) is 16.5. The summed E-state index contributed by atoms with van der Waals surface area (Å²) < 4.78 is 11.9. The van der Waals surface area contributed by atoms with Gasteiger partial charge in [0.1, 0.15) is 5.60 Å². The minimum absolute atomic E-state index is 0.141. The monoisotopic (exact) mass is 319 g/mol. The molecule has 5 heteroatoms. The van der Waals surface area contributed by atoms with Gasteiger partial charge >= 0.3 is 6.09 Å². The number of carbonyl (C=O) groups excluding carboxylic acids is 1. The molecule has 0 unspecified atom stereocenters. The Kier molecular flexibility index (Phi) is 5.65. The number of ether oxygens (including phenoxy) is 1. The van der Waals surface area contributed by atoms with Gasteiger partial charge in [-0.2, -0.15) is 0 Å². The quantitative estimate of drug-likeness (QED) is 0.783. The van der Waals surface area contributed by atoms with Crippen molar-refractivity contribution in [2.45, 2.75) is 70.8 Å². The van der Waals surface area contributed by atoms with Gasteiger partial charge in [-0.25, -0.2) is 4.79 Å². The summed E-state index contributed by atoms with van der Waals surface area (Å²) >= 11 is 0. The fourth-order valence-corrected chi connectivity index (χ4v) is 2.85. The Hall–Kier alpha value is -0.420. The van der Waals surface area contributed by atoms with Crippen LogP contribution in [-0.2, 0) is 8.92 Å². The largest absolute Gasteiger partial charge is 0.444 e. The first-order chi connectivity index (χ1) is 9.33. The second-order valence-electron chi connectivity index (χ2n) is 8.10. The van der Waals surface area contributed by atoms with E-state index < -0.39 is 15.9 Å². The zero-order valence-electron chi connectivity index (χ0n) is 15.0. The van der Waals surface area contributed by atoms with E-state index in [4.69, 9.17) is 8.92 Å². The van der Waals surface area contributed by atoms with Crippen LogP contribution in [0.3, 0.4) is 0 Å². The summed E-state index contributed by atoms with van der Waals surface area (Å²) in [6.45, 7) is 13.7. The first-order valence-corrected chi connectivity index (χ1v) is 10.1. The van der Waals surface area contributed by atoms with E-state index in [1.54, 1.807) is 0 Å². The Morgan fingerprint density at radius 3 is 2.24 bits per heavy atom. The molecule has 0 aromatic carbocycles. The molecule has 0 aromatic rings. The normalized spacial score (nSPS) is 21.5. The minimum atomic E-state index is -1.15. The first kappa shape index (κ1) is 18.6. The van der Waals surface area contributed by atoms with E-state index in [-0.39, 0.29) is 16.9 Å². The number of hydrogen-bond acceptors (Lipinski definition) is 3. The average Bonchev–Trinajstić information content (AvgIpc) is 2.70. The standard InChI is InChI=1S/C16H33NO3S/c1-15(2,3)20-14(18)17-11-9-10-13(17)12-19-21(7,8)16(4,5)6/h13H,9-12H2,1-8H3/t13-/m0/s1. The smallest absolute Gasteiger partial charge is 0.410 e. The van der Waals surface area contributed by atoms with Gasteiger partial charge in [0.2, 0.25) is 0 Å². The highest BCUT2D eigenvalue weighted by atomic mass is 32.3. The highest BCUT2D eigenvalue weighted by Gasteiger charge is 2.35. The van der Waals surface area contributed by atoms with Crippen LogP contribution in [0.15, 0.2) is 0 Å². The predicted molar refractivity (Wildman–Crippen MR) is 91.1 cm³/mol. The summed E-state index contributed by atoms with van der Waals surface area (Å²) in [6.07, 6.45) is 6.20. The van der Waals surface area contributed by atoms with Crippen molar-refractivity contribution in [3.05, 3.63) is 0 Å². The topological polar surface area (TPSA) is 38.8 Å². The maximum Gasteiger partial charge on any atom is 0.410 e. The van der Waals surface area contributed by atoms with Crippen LogP contribution in [0, 0.1) is 0 Å². The number of likely N-dealkylation sites (tertiary alicyclic amines) is 1. The molecule has 4 nitrogen and oxygen atoms in total. The first-order valence-electron chi connectivity index (χ1n) is 7.70. The van der Waals surface area contributed by atoms with E-state index >= 15 is 0 Å². The van der Waals surface area contributed by atoms with Crippen molar-refractivity contribution in [1.82, 2.24) is 4.90 Å². The molecule has 1 saturated heterocycles. The Bertz CT molecular complexity index is 369. The van der Waals surface area contributed by atoms with Gasteiger partial charge in [-0.3, -0.25) is 0 Å². The van der Waals surface area contributed by atoms with Crippen molar-refractivity contribution in [3.8, 4) is 0 Å². The molecule has 0 bridgehead atoms. The van der Waals surface area contributed by atoms with E-state index in [1.807, 2.05) is 25.7 Å². The molecule has 1 fully saturated rings. The third kappa shape index (κ3) is 5.37. The summed E-state index contributed by atoms with van der Waals surface area (Å²) in [5.74, 6) is 0. The van der Waals surface area contributed by atoms with Gasteiger partial charge in [-0.05, 0) is 46.1 Å². The van der Waals surface area contributed by atoms with Crippen LogP contribution in [0.2, 0.25) is 0 Å². The van der Waals surface area contributed by atoms with Crippen molar-refractivity contribution in [2.75, 3.05) is 25.7 Å². The van der Waals surface area contributed by atoms with Crippen LogP contribution in [0.5, 0.6) is 0 Å². The molecule has 0 saturated carbocycles. The molecule has 1 rings (SSSR count). The summed E-state index contributed by atoms with van der Waals surface area (Å²) in [5.41, 5.74) is -0.443. The van der Waals surface area contributed by atoms with Crippen molar-refractivity contribution in [1.29, 1.82) is 0 Å². The summed E-state index contributed by atoms with van der Waals surface area (Å²) in [6, 6.07) is 0.147. The van der Waals surface area contributed by atoms with Crippen LogP contribution in [0.25, 0.3) is 0 Å². The fourth-order valence-electron chi connectivity index (χ4n) is 2.00. The number of amides is 1. The molecule has 1 amide bonds. The van der Waals surface area contributed by atoms with Crippen molar-refractivity contribution >= 4 is 16.4 Å². The molecular weight excluding hydrogens is 286 g/mol. The van der Waals surface area contributed by atoms with E-state index in [0.717, 1.165) is 19.4 Å². The Morgan fingerprint density at radius 2 is 1.76 bits per heavy atom. The van der Waals surface area contributed by atoms with Crippen LogP contribution < -0.4 is 0 Å². The number of hydrogen-bond donors (Lipinski definition) is 0. The molecule has 0 N–H and O–H groups in total. The fraction of sp³-hybridized carbons (Fsp3) is 0.938. The summed E-state index contributed by atoms with van der Waals surface area (Å²) in [4.78, 5) is 14.1. The maximum atomic E-state index is 12.2. The molecule has 0 aliphatic carbocycles. The van der Waals surface area contributed by atoms with Gasteiger partial charge in [0.25, 0.3) is 0 Å². The molecule has 21 heavy (non-hydrogen) atoms. The summed E-state index contributed by atoms with van der Waals surface area (Å²) in [5, 5.41) is 0. The number of carbonyl (C=O) groups is 1. The van der Waals surface area contributed by atoms with Crippen molar-refractivity contribution in [2.24, 2.45) is 0 Å². The number of nitrogens with zero attached hydrogens (tertiary/aromatic N) is 1. The molecule has 0 radical (unpaired) electrons. The maximum absolute atomic E-state index is 12.2. The van der Waals surface area contributed by atoms with Crippen molar-refractivity contribution < 1.29 is 13.7 Å². The zero-order valence-corrected chi connectivity index (χ0v) is 15.8. The lowest BCUT2D eigenvalue weighted by Crippen LogP contribution is -2.42. The highest BCUT2D eigenvalue weighted by molar-refractivity contribution is 8.29. The van der Waals surface area contributed by atoms with Gasteiger partial charge in [-0.1, -0.05) is 20.8 Å². The van der Waals surface area contributed by atoms with E-state index in [0.29, 0.717) is 6.61 Å². The second kappa shape index (κ2) is 6.37. The third-order valence-electron chi connectivity index (χ3n) is 4.03. The molecule has 1 aliphatic rings. The molecular formula is C16H33NO3S. The average molecular weight is 320 g/mol. The Labute approximate surface area is 132 Å². The van der Waals surface area contributed by atoms with Crippen molar-refractivity contribution in [3.63, 3.8) is 0 Å². The molecule has 1 aliphatic heterocycles. The Morgan fingerprint density at radius 1 is 1.19 bits per heavy atom. The van der Waals surface area contributed by atoms with Gasteiger partial charge in [0.05, 0.1) is 12.6 Å². The van der Waals surface area contributed by atoms with Gasteiger partial charge in [0, 0.05) is 11.3 Å². The van der Waals surface area contributed by atoms with E-state index in [1.165, 1.54) is 0 Å². The summed E-state index contributed by atoms with van der Waals surface area (Å²) in [7, 11) is -1.15. The molecule has 1 atom stereocenters. The minimum Gasteiger partial charge on any atom is -0.444 e. The third-order valence-corrected chi connectivity index (χ3v) is 7.71. The molecule has 0 spiro atoms. The molecule has 1 heterocycles. The van der Waals surface area contributed by atoms with Crippen LogP contribution >= 0.6 is 10.3 Å². The van der Waals surface area contributed by atoms with Gasteiger partial charge < -0.3 is 13.8 Å². The van der Waals surface area contributed by atoms with Gasteiger partial charge in [0.15, 0.2) is 0 Å². The molecule has 126 valence electrons. The second-order valence-corrected chi connectivity index (χ2v) is 12.0. The van der Waals surface area contributed by atoms with Crippen LogP contribution in [0.4, 0.5) is 4.79 Å².